The fourth-order valence-electron chi connectivity index (χ4n) is 2.56. The Bertz CT molecular complexity index is 991. The molecule has 0 unspecified atom stereocenters. The molecule has 2 N–H and O–H groups in total. The lowest BCUT2D eigenvalue weighted by Crippen LogP contribution is -2.14. The van der Waals surface area contributed by atoms with Crippen LogP contribution in [0.25, 0.3) is 10.8 Å². The first-order valence-corrected chi connectivity index (χ1v) is 9.63. The number of hydrogen-bond acceptors (Lipinski definition) is 4. The molecule has 0 atom stereocenters. The molecule has 2 aromatic carbocycles. The Morgan fingerprint density at radius 1 is 0.826 bits per heavy atom. The van der Waals surface area contributed by atoms with Gasteiger partial charge in [0.25, 0.3) is 20.2 Å². The Morgan fingerprint density at radius 2 is 1.26 bits per heavy atom. The molecule has 0 fully saturated rings. The zero-order valence-electron chi connectivity index (χ0n) is 13.2. The number of benzene rings is 2. The Kier molecular flexibility index (Phi) is 4.09. The third-order valence-corrected chi connectivity index (χ3v) is 5.26. The summed E-state index contributed by atoms with van der Waals surface area (Å²) in [5, 5.41) is 1.01. The van der Waals surface area contributed by atoms with Crippen LogP contribution in [0.3, 0.4) is 0 Å². The van der Waals surface area contributed by atoms with Gasteiger partial charge in [0.05, 0.1) is 9.79 Å². The fraction of sp³-hybridized carbons (Fsp3) is 0.333. The van der Waals surface area contributed by atoms with Crippen LogP contribution < -0.4 is 0 Å². The van der Waals surface area contributed by atoms with E-state index in [4.69, 9.17) is 0 Å². The maximum absolute atomic E-state index is 11.5. The molecule has 0 spiro atoms. The van der Waals surface area contributed by atoms with Crippen LogP contribution in [0.15, 0.2) is 34.1 Å². The lowest BCUT2D eigenvalue weighted by atomic mass is 9.82. The van der Waals surface area contributed by atoms with Crippen molar-refractivity contribution >= 4 is 31.0 Å². The number of aryl methyl sites for hydroxylation is 1. The second-order valence-corrected chi connectivity index (χ2v) is 9.35. The highest BCUT2D eigenvalue weighted by Gasteiger charge is 2.23. The third kappa shape index (κ3) is 3.55. The van der Waals surface area contributed by atoms with Crippen LogP contribution in [0.2, 0.25) is 0 Å². The number of fused-ring (bicyclic) bond motifs is 1. The Morgan fingerprint density at radius 3 is 1.65 bits per heavy atom. The summed E-state index contributed by atoms with van der Waals surface area (Å²) in [5.41, 5.74) is 0.799. The average Bonchev–Trinajstić information content (AvgIpc) is 2.33. The minimum atomic E-state index is -4.45. The van der Waals surface area contributed by atoms with E-state index in [1.54, 1.807) is 6.92 Å². The highest BCUT2D eigenvalue weighted by molar-refractivity contribution is 7.86. The van der Waals surface area contributed by atoms with Gasteiger partial charge in [0.1, 0.15) is 0 Å². The fourth-order valence-corrected chi connectivity index (χ4v) is 3.71. The Balaban J connectivity index is 3.06. The minimum absolute atomic E-state index is 0.317. The van der Waals surface area contributed by atoms with Crippen molar-refractivity contribution in [2.45, 2.75) is 42.9 Å². The first-order chi connectivity index (χ1) is 10.2. The first-order valence-electron chi connectivity index (χ1n) is 6.75. The molecule has 0 saturated carbocycles. The standard InChI is InChI=1S/C15H18O6S2/c1-9-5-11(22(16,17)18)6-10-7-12(23(19,20)21)8-13(14(9)10)15(2,3)4/h5-8H,1-4H3,(H,16,17,18)(H,19,20,21). The number of rotatable bonds is 2. The number of hydrogen-bond donors (Lipinski definition) is 2. The highest BCUT2D eigenvalue weighted by atomic mass is 32.2. The summed E-state index contributed by atoms with van der Waals surface area (Å²) in [6.45, 7) is 7.32. The van der Waals surface area contributed by atoms with Gasteiger partial charge in [-0.25, -0.2) is 0 Å². The Labute approximate surface area is 135 Å². The molecule has 2 aromatic rings. The van der Waals surface area contributed by atoms with Crippen molar-refractivity contribution in [3.63, 3.8) is 0 Å². The normalized spacial score (nSPS) is 13.5. The zero-order chi connectivity index (χ0) is 17.8. The van der Waals surface area contributed by atoms with E-state index in [2.05, 4.69) is 0 Å². The predicted octanol–water partition coefficient (Wildman–Crippen LogP) is 2.94. The van der Waals surface area contributed by atoms with Crippen molar-refractivity contribution in [2.24, 2.45) is 0 Å². The first kappa shape index (κ1) is 17.9. The van der Waals surface area contributed by atoms with Crippen LogP contribution in [-0.4, -0.2) is 25.9 Å². The largest absolute Gasteiger partial charge is 0.294 e. The minimum Gasteiger partial charge on any atom is -0.282 e. The van der Waals surface area contributed by atoms with E-state index in [0.29, 0.717) is 21.9 Å². The molecular formula is C15H18O6S2. The van der Waals surface area contributed by atoms with Crippen molar-refractivity contribution in [3.8, 4) is 0 Å². The van der Waals surface area contributed by atoms with Gasteiger partial charge in [-0.3, -0.25) is 9.11 Å². The molecule has 2 rings (SSSR count). The molecule has 0 aliphatic rings. The van der Waals surface area contributed by atoms with Crippen molar-refractivity contribution in [3.05, 3.63) is 35.4 Å². The maximum atomic E-state index is 11.5. The molecule has 0 aliphatic heterocycles. The summed E-state index contributed by atoms with van der Waals surface area (Å²) in [7, 11) is -8.88. The molecule has 0 saturated heterocycles. The van der Waals surface area contributed by atoms with Crippen LogP contribution in [0.5, 0.6) is 0 Å². The third-order valence-electron chi connectivity index (χ3n) is 3.60. The molecule has 0 radical (unpaired) electrons. The molecule has 23 heavy (non-hydrogen) atoms. The van der Waals surface area contributed by atoms with Crippen molar-refractivity contribution in [1.82, 2.24) is 0 Å². The van der Waals surface area contributed by atoms with E-state index in [9.17, 15) is 25.9 Å². The van der Waals surface area contributed by atoms with E-state index in [1.807, 2.05) is 20.8 Å². The summed E-state index contributed by atoms with van der Waals surface area (Å²) < 4.78 is 64.4. The summed E-state index contributed by atoms with van der Waals surface area (Å²) in [6, 6.07) is 5.11. The van der Waals surface area contributed by atoms with E-state index < -0.39 is 25.7 Å². The van der Waals surface area contributed by atoms with Gasteiger partial charge in [0, 0.05) is 0 Å². The predicted molar refractivity (Wildman–Crippen MR) is 87.0 cm³/mol. The van der Waals surface area contributed by atoms with E-state index in [0.717, 1.165) is 0 Å². The van der Waals surface area contributed by atoms with Gasteiger partial charge < -0.3 is 0 Å². The van der Waals surface area contributed by atoms with E-state index in [1.165, 1.54) is 24.3 Å². The average molecular weight is 358 g/mol. The topological polar surface area (TPSA) is 109 Å². The zero-order valence-corrected chi connectivity index (χ0v) is 14.8. The van der Waals surface area contributed by atoms with Crippen molar-refractivity contribution in [1.29, 1.82) is 0 Å². The van der Waals surface area contributed by atoms with E-state index >= 15 is 0 Å². The second kappa shape index (κ2) is 5.27. The monoisotopic (exact) mass is 358 g/mol. The second-order valence-electron chi connectivity index (χ2n) is 6.51. The maximum Gasteiger partial charge on any atom is 0.294 e. The molecule has 126 valence electrons. The molecule has 0 amide bonds. The van der Waals surface area contributed by atoms with Gasteiger partial charge in [-0.1, -0.05) is 20.8 Å². The van der Waals surface area contributed by atoms with E-state index in [-0.39, 0.29) is 9.79 Å². The van der Waals surface area contributed by atoms with Crippen molar-refractivity contribution < 1.29 is 25.9 Å². The highest BCUT2D eigenvalue weighted by Crippen LogP contribution is 2.35. The van der Waals surface area contributed by atoms with Crippen molar-refractivity contribution in [2.75, 3.05) is 0 Å². The molecule has 6 nitrogen and oxygen atoms in total. The summed E-state index contributed by atoms with van der Waals surface area (Å²) in [5.74, 6) is 0. The van der Waals surface area contributed by atoms with Crippen LogP contribution in [0.1, 0.15) is 31.9 Å². The molecule has 0 aromatic heterocycles. The van der Waals surface area contributed by atoms with Crippen LogP contribution in [-0.2, 0) is 25.7 Å². The lowest BCUT2D eigenvalue weighted by molar-refractivity contribution is 0.481. The van der Waals surface area contributed by atoms with Gasteiger partial charge in [-0.05, 0) is 58.5 Å². The van der Waals surface area contributed by atoms with Crippen LogP contribution in [0, 0.1) is 6.92 Å². The molecular weight excluding hydrogens is 340 g/mol. The summed E-state index contributed by atoms with van der Waals surface area (Å²) >= 11 is 0. The lowest BCUT2D eigenvalue weighted by Gasteiger charge is -2.23. The van der Waals surface area contributed by atoms with Gasteiger partial charge >= 0.3 is 0 Å². The Hall–Kier alpha value is -1.48. The van der Waals surface area contributed by atoms with Gasteiger partial charge in [0.2, 0.25) is 0 Å². The summed E-state index contributed by atoms with van der Waals surface area (Å²) in [4.78, 5) is -0.642. The smallest absolute Gasteiger partial charge is 0.282 e. The van der Waals surface area contributed by atoms with Crippen LogP contribution >= 0.6 is 0 Å². The van der Waals surface area contributed by atoms with Gasteiger partial charge in [-0.2, -0.15) is 16.8 Å². The summed E-state index contributed by atoms with van der Waals surface area (Å²) in [6.07, 6.45) is 0. The van der Waals surface area contributed by atoms with Gasteiger partial charge in [0.15, 0.2) is 0 Å². The van der Waals surface area contributed by atoms with Gasteiger partial charge in [-0.15, -0.1) is 0 Å². The van der Waals surface area contributed by atoms with Crippen LogP contribution in [0.4, 0.5) is 0 Å². The molecule has 0 aliphatic carbocycles. The molecule has 8 heteroatoms. The molecule has 0 heterocycles. The SMILES string of the molecule is Cc1cc(S(=O)(=O)O)cc2cc(S(=O)(=O)O)cc(C(C)(C)C)c12. The quantitative estimate of drug-likeness (QED) is 0.799. The molecule has 0 bridgehead atoms.